The molecular formula is C21H17N3O4. The van der Waals surface area contributed by atoms with Crippen LogP contribution in [-0.2, 0) is 11.2 Å². The molecule has 2 N–H and O–H groups in total. The maximum Gasteiger partial charge on any atom is 0.269 e. The molecule has 0 aromatic heterocycles. The number of ether oxygens (including phenoxy) is 2. The lowest BCUT2D eigenvalue weighted by atomic mass is 9.76. The minimum Gasteiger partial charge on any atom is -0.497 e. The second-order valence-corrected chi connectivity index (χ2v) is 6.65. The first kappa shape index (κ1) is 17.6. The zero-order valence-corrected chi connectivity index (χ0v) is 15.1. The van der Waals surface area contributed by atoms with Crippen LogP contribution in [0.3, 0.4) is 0 Å². The van der Waals surface area contributed by atoms with Gasteiger partial charge in [-0.3, -0.25) is 10.1 Å². The number of hydrogen-bond donors (Lipinski definition) is 1. The number of rotatable bonds is 3. The maximum atomic E-state index is 11.0. The van der Waals surface area contributed by atoms with Gasteiger partial charge in [-0.25, -0.2) is 0 Å². The molecule has 2 aromatic carbocycles. The molecule has 0 saturated carbocycles. The van der Waals surface area contributed by atoms with E-state index in [-0.39, 0.29) is 17.5 Å². The Hall–Kier alpha value is -3.79. The Morgan fingerprint density at radius 1 is 1.25 bits per heavy atom. The molecule has 1 aliphatic heterocycles. The molecule has 2 aromatic rings. The van der Waals surface area contributed by atoms with Gasteiger partial charge < -0.3 is 15.2 Å². The van der Waals surface area contributed by atoms with Crippen LogP contribution in [0.1, 0.15) is 29.0 Å². The summed E-state index contributed by atoms with van der Waals surface area (Å²) in [7, 11) is 1.62. The van der Waals surface area contributed by atoms with Crippen molar-refractivity contribution in [2.24, 2.45) is 5.73 Å². The second kappa shape index (κ2) is 6.74. The maximum absolute atomic E-state index is 11.0. The lowest BCUT2D eigenvalue weighted by Gasteiger charge is -2.33. The molecule has 28 heavy (non-hydrogen) atoms. The van der Waals surface area contributed by atoms with Crippen molar-refractivity contribution in [1.82, 2.24) is 0 Å². The number of non-ortho nitro benzene ring substituents is 1. The molecule has 1 heterocycles. The monoisotopic (exact) mass is 375 g/mol. The van der Waals surface area contributed by atoms with Crippen LogP contribution in [0, 0.1) is 21.4 Å². The first-order valence-electron chi connectivity index (χ1n) is 8.75. The molecule has 1 atom stereocenters. The van der Waals surface area contributed by atoms with Gasteiger partial charge in [0, 0.05) is 23.6 Å². The largest absolute Gasteiger partial charge is 0.497 e. The van der Waals surface area contributed by atoms with E-state index in [1.54, 1.807) is 19.2 Å². The number of nitrogens with zero attached hydrogens (tertiary/aromatic N) is 2. The van der Waals surface area contributed by atoms with Gasteiger partial charge >= 0.3 is 0 Å². The minimum absolute atomic E-state index is 0.00144. The predicted octanol–water partition coefficient (Wildman–Crippen LogP) is 3.77. The van der Waals surface area contributed by atoms with Crippen LogP contribution in [0.25, 0.3) is 5.76 Å². The van der Waals surface area contributed by atoms with E-state index in [9.17, 15) is 15.4 Å². The van der Waals surface area contributed by atoms with Crippen molar-refractivity contribution in [3.05, 3.63) is 86.3 Å². The van der Waals surface area contributed by atoms with E-state index in [0.29, 0.717) is 17.8 Å². The fourth-order valence-corrected chi connectivity index (χ4v) is 3.83. The van der Waals surface area contributed by atoms with Crippen molar-refractivity contribution in [3.8, 4) is 11.8 Å². The topological polar surface area (TPSA) is 111 Å². The summed E-state index contributed by atoms with van der Waals surface area (Å²) in [6.07, 6.45) is 1.46. The van der Waals surface area contributed by atoms with E-state index < -0.39 is 4.92 Å². The molecule has 7 heteroatoms. The Labute approximate surface area is 161 Å². The molecule has 2 aliphatic rings. The summed E-state index contributed by atoms with van der Waals surface area (Å²) in [6, 6.07) is 14.2. The number of nitro groups is 1. The lowest BCUT2D eigenvalue weighted by molar-refractivity contribution is -0.384. The first-order valence-corrected chi connectivity index (χ1v) is 8.75. The number of fused-ring (bicyclic) bond motifs is 2. The third-order valence-electron chi connectivity index (χ3n) is 5.18. The van der Waals surface area contributed by atoms with Crippen molar-refractivity contribution in [3.63, 3.8) is 0 Å². The number of aryl methyl sites for hydroxylation is 1. The highest BCUT2D eigenvalue weighted by atomic mass is 16.6. The predicted molar refractivity (Wildman–Crippen MR) is 102 cm³/mol. The second-order valence-electron chi connectivity index (χ2n) is 6.65. The molecule has 0 bridgehead atoms. The van der Waals surface area contributed by atoms with E-state index in [4.69, 9.17) is 15.2 Å². The Morgan fingerprint density at radius 3 is 2.64 bits per heavy atom. The fraction of sp³-hybridized carbons (Fsp3) is 0.190. The number of nitro benzene ring substituents is 1. The summed E-state index contributed by atoms with van der Waals surface area (Å²) in [4.78, 5) is 10.5. The molecule has 0 radical (unpaired) electrons. The number of methoxy groups -OCH3 is 1. The third kappa shape index (κ3) is 2.76. The molecule has 4 rings (SSSR count). The molecular weight excluding hydrogens is 358 g/mol. The highest BCUT2D eigenvalue weighted by Gasteiger charge is 2.36. The summed E-state index contributed by atoms with van der Waals surface area (Å²) in [5, 5.41) is 20.6. The number of nitrogens with two attached hydrogens (primary N) is 1. The lowest BCUT2D eigenvalue weighted by Crippen LogP contribution is -2.23. The highest BCUT2D eigenvalue weighted by Crippen LogP contribution is 2.47. The van der Waals surface area contributed by atoms with Crippen LogP contribution >= 0.6 is 0 Å². The van der Waals surface area contributed by atoms with E-state index in [2.05, 4.69) is 6.07 Å². The molecule has 7 nitrogen and oxygen atoms in total. The molecule has 0 fully saturated rings. The summed E-state index contributed by atoms with van der Waals surface area (Å²) in [6.45, 7) is 0. The van der Waals surface area contributed by atoms with E-state index in [1.165, 1.54) is 12.1 Å². The normalized spacial score (nSPS) is 17.9. The molecule has 140 valence electrons. The Kier molecular flexibility index (Phi) is 4.24. The SMILES string of the molecule is COc1ccc2c(c1)CCC1=C2OC(N)=C(C#N)C1c1ccc([N+](=O)[O-])cc1. The van der Waals surface area contributed by atoms with Gasteiger partial charge in [0.05, 0.1) is 12.0 Å². The first-order chi connectivity index (χ1) is 13.5. The minimum atomic E-state index is -0.446. The van der Waals surface area contributed by atoms with Gasteiger partial charge in [-0.2, -0.15) is 5.26 Å². The molecule has 1 unspecified atom stereocenters. The van der Waals surface area contributed by atoms with Gasteiger partial charge in [0.2, 0.25) is 5.88 Å². The van der Waals surface area contributed by atoms with Crippen LogP contribution in [0.15, 0.2) is 59.5 Å². The number of hydrogen-bond acceptors (Lipinski definition) is 6. The quantitative estimate of drug-likeness (QED) is 0.646. The van der Waals surface area contributed by atoms with E-state index in [1.807, 2.05) is 18.2 Å². The van der Waals surface area contributed by atoms with Crippen LogP contribution in [0.4, 0.5) is 5.69 Å². The summed E-state index contributed by atoms with van der Waals surface area (Å²) >= 11 is 0. The average Bonchev–Trinajstić information content (AvgIpc) is 2.72. The Bertz CT molecular complexity index is 1080. The summed E-state index contributed by atoms with van der Waals surface area (Å²) in [5.74, 6) is 1.11. The van der Waals surface area contributed by atoms with Gasteiger partial charge in [0.1, 0.15) is 23.2 Å². The van der Waals surface area contributed by atoms with Crippen LogP contribution < -0.4 is 10.5 Å². The van der Waals surface area contributed by atoms with Gasteiger partial charge in [0.25, 0.3) is 5.69 Å². The zero-order chi connectivity index (χ0) is 19.8. The van der Waals surface area contributed by atoms with Gasteiger partial charge in [-0.05, 0) is 47.7 Å². The Morgan fingerprint density at radius 2 is 2.00 bits per heavy atom. The number of nitriles is 1. The fourth-order valence-electron chi connectivity index (χ4n) is 3.83. The van der Waals surface area contributed by atoms with Crippen molar-refractivity contribution < 1.29 is 14.4 Å². The third-order valence-corrected chi connectivity index (χ3v) is 5.18. The number of benzene rings is 2. The van der Waals surface area contributed by atoms with Crippen molar-refractivity contribution in [1.29, 1.82) is 5.26 Å². The van der Waals surface area contributed by atoms with Gasteiger partial charge in [-0.1, -0.05) is 12.1 Å². The van der Waals surface area contributed by atoms with Crippen LogP contribution in [-0.4, -0.2) is 12.0 Å². The summed E-state index contributed by atoms with van der Waals surface area (Å²) in [5.41, 5.74) is 10.2. The molecule has 0 saturated heterocycles. The number of allylic oxidation sites excluding steroid dienone is 2. The molecule has 0 spiro atoms. The zero-order valence-electron chi connectivity index (χ0n) is 15.1. The van der Waals surface area contributed by atoms with Gasteiger partial charge in [-0.15, -0.1) is 0 Å². The molecule has 0 amide bonds. The van der Waals surface area contributed by atoms with E-state index in [0.717, 1.165) is 34.4 Å². The Balaban J connectivity index is 1.85. The average molecular weight is 375 g/mol. The summed E-state index contributed by atoms with van der Waals surface area (Å²) < 4.78 is 11.2. The van der Waals surface area contributed by atoms with Crippen molar-refractivity contribution in [2.45, 2.75) is 18.8 Å². The van der Waals surface area contributed by atoms with Crippen molar-refractivity contribution >= 4 is 11.4 Å². The van der Waals surface area contributed by atoms with E-state index >= 15 is 0 Å². The smallest absolute Gasteiger partial charge is 0.269 e. The molecule has 1 aliphatic carbocycles. The van der Waals surface area contributed by atoms with Crippen LogP contribution in [0.2, 0.25) is 0 Å². The van der Waals surface area contributed by atoms with Crippen molar-refractivity contribution in [2.75, 3.05) is 7.11 Å². The van der Waals surface area contributed by atoms with Gasteiger partial charge in [0.15, 0.2) is 0 Å². The standard InChI is InChI=1S/C21H17N3O4/c1-27-15-7-9-16-13(10-15)4-8-17-19(18(11-22)21(23)28-20(16)17)12-2-5-14(6-3-12)24(25)26/h2-3,5-7,9-10,19H,4,8,23H2,1H3. The van der Waals surface area contributed by atoms with Crippen LogP contribution in [0.5, 0.6) is 5.75 Å². The highest BCUT2D eigenvalue weighted by molar-refractivity contribution is 5.74.